The van der Waals surface area contributed by atoms with Gasteiger partial charge < -0.3 is 5.32 Å². The molecule has 1 heterocycles. The zero-order valence-corrected chi connectivity index (χ0v) is 9.54. The SMILES string of the molecule is CCCC(C)(C)Nc1ncccc1C#N. The number of hydrogen-bond donors (Lipinski definition) is 1. The quantitative estimate of drug-likeness (QED) is 0.818. The van der Waals surface area contributed by atoms with Crippen molar-refractivity contribution in [3.05, 3.63) is 23.9 Å². The van der Waals surface area contributed by atoms with Gasteiger partial charge in [-0.2, -0.15) is 5.26 Å². The average Bonchev–Trinajstić information content (AvgIpc) is 2.17. The van der Waals surface area contributed by atoms with E-state index in [1.54, 1.807) is 18.3 Å². The third-order valence-corrected chi connectivity index (χ3v) is 2.26. The first-order chi connectivity index (χ1) is 7.09. The Morgan fingerprint density at radius 2 is 2.27 bits per heavy atom. The normalized spacial score (nSPS) is 10.8. The highest BCUT2D eigenvalue weighted by Gasteiger charge is 2.17. The molecule has 0 unspecified atom stereocenters. The molecule has 1 aromatic heterocycles. The first-order valence-corrected chi connectivity index (χ1v) is 5.22. The van der Waals surface area contributed by atoms with E-state index in [4.69, 9.17) is 5.26 Å². The topological polar surface area (TPSA) is 48.7 Å². The number of hydrogen-bond acceptors (Lipinski definition) is 3. The number of anilines is 1. The molecule has 3 heteroatoms. The third-order valence-electron chi connectivity index (χ3n) is 2.26. The van der Waals surface area contributed by atoms with Crippen molar-refractivity contribution < 1.29 is 0 Å². The smallest absolute Gasteiger partial charge is 0.144 e. The van der Waals surface area contributed by atoms with Gasteiger partial charge in [0.05, 0.1) is 5.56 Å². The summed E-state index contributed by atoms with van der Waals surface area (Å²) in [6.45, 7) is 6.38. The fourth-order valence-electron chi connectivity index (χ4n) is 1.60. The maximum absolute atomic E-state index is 8.92. The fourth-order valence-corrected chi connectivity index (χ4v) is 1.60. The zero-order valence-electron chi connectivity index (χ0n) is 9.54. The van der Waals surface area contributed by atoms with Gasteiger partial charge >= 0.3 is 0 Å². The summed E-state index contributed by atoms with van der Waals surface area (Å²) in [5.41, 5.74) is 0.580. The summed E-state index contributed by atoms with van der Waals surface area (Å²) in [6, 6.07) is 5.68. The molecule has 3 nitrogen and oxygen atoms in total. The molecule has 1 rings (SSSR count). The summed E-state index contributed by atoms with van der Waals surface area (Å²) < 4.78 is 0. The zero-order chi connectivity index (χ0) is 11.3. The van der Waals surface area contributed by atoms with Crippen LogP contribution in [0.2, 0.25) is 0 Å². The summed E-state index contributed by atoms with van der Waals surface area (Å²) in [4.78, 5) is 4.18. The van der Waals surface area contributed by atoms with Gasteiger partial charge in [0.1, 0.15) is 11.9 Å². The van der Waals surface area contributed by atoms with Crippen LogP contribution in [0.5, 0.6) is 0 Å². The Hall–Kier alpha value is -1.56. The van der Waals surface area contributed by atoms with E-state index in [9.17, 15) is 0 Å². The Morgan fingerprint density at radius 3 is 2.87 bits per heavy atom. The van der Waals surface area contributed by atoms with E-state index >= 15 is 0 Å². The number of aromatic nitrogens is 1. The predicted octanol–water partition coefficient (Wildman–Crippen LogP) is 2.94. The molecular formula is C12H17N3. The largest absolute Gasteiger partial charge is 0.364 e. The van der Waals surface area contributed by atoms with Gasteiger partial charge in [-0.05, 0) is 32.4 Å². The molecule has 0 saturated heterocycles. The van der Waals surface area contributed by atoms with Gasteiger partial charge in [-0.1, -0.05) is 13.3 Å². The van der Waals surface area contributed by atoms with E-state index in [1.165, 1.54) is 0 Å². The Kier molecular flexibility index (Phi) is 3.68. The van der Waals surface area contributed by atoms with Crippen LogP contribution in [0.3, 0.4) is 0 Å². The first kappa shape index (κ1) is 11.5. The lowest BCUT2D eigenvalue weighted by Crippen LogP contribution is -2.31. The summed E-state index contributed by atoms with van der Waals surface area (Å²) in [5.74, 6) is 0.679. The molecule has 0 spiro atoms. The van der Waals surface area contributed by atoms with Crippen molar-refractivity contribution in [3.8, 4) is 6.07 Å². The summed E-state index contributed by atoms with van der Waals surface area (Å²) in [7, 11) is 0. The van der Waals surface area contributed by atoms with Crippen LogP contribution in [0.25, 0.3) is 0 Å². The van der Waals surface area contributed by atoms with Crippen molar-refractivity contribution in [2.75, 3.05) is 5.32 Å². The lowest BCUT2D eigenvalue weighted by molar-refractivity contribution is 0.509. The van der Waals surface area contributed by atoms with Crippen LogP contribution in [0.4, 0.5) is 5.82 Å². The van der Waals surface area contributed by atoms with Gasteiger partial charge in [0, 0.05) is 11.7 Å². The van der Waals surface area contributed by atoms with Gasteiger partial charge in [-0.3, -0.25) is 0 Å². The van der Waals surface area contributed by atoms with E-state index in [-0.39, 0.29) is 5.54 Å². The van der Waals surface area contributed by atoms with Crippen LogP contribution in [-0.2, 0) is 0 Å². The van der Waals surface area contributed by atoms with Crippen LogP contribution >= 0.6 is 0 Å². The van der Waals surface area contributed by atoms with Crippen LogP contribution in [-0.4, -0.2) is 10.5 Å². The van der Waals surface area contributed by atoms with Crippen LogP contribution in [0.15, 0.2) is 18.3 Å². The van der Waals surface area contributed by atoms with Crippen molar-refractivity contribution in [1.29, 1.82) is 5.26 Å². The van der Waals surface area contributed by atoms with E-state index in [0.29, 0.717) is 11.4 Å². The number of nitriles is 1. The molecule has 0 aliphatic heterocycles. The van der Waals surface area contributed by atoms with E-state index < -0.39 is 0 Å². The Bertz CT molecular complexity index is 363. The number of pyridine rings is 1. The Labute approximate surface area is 91.1 Å². The van der Waals surface area contributed by atoms with Crippen LogP contribution < -0.4 is 5.32 Å². The van der Waals surface area contributed by atoms with E-state index in [2.05, 4.69) is 37.1 Å². The molecule has 0 amide bonds. The molecule has 0 saturated carbocycles. The van der Waals surface area contributed by atoms with Gasteiger partial charge in [0.15, 0.2) is 0 Å². The molecule has 0 bridgehead atoms. The minimum atomic E-state index is -0.0191. The number of nitrogens with zero attached hydrogens (tertiary/aromatic N) is 2. The van der Waals surface area contributed by atoms with Gasteiger partial charge in [-0.15, -0.1) is 0 Å². The molecule has 15 heavy (non-hydrogen) atoms. The molecule has 0 aliphatic carbocycles. The molecule has 0 fully saturated rings. The number of rotatable bonds is 4. The highest BCUT2D eigenvalue weighted by Crippen LogP contribution is 2.20. The summed E-state index contributed by atoms with van der Waals surface area (Å²) >= 11 is 0. The minimum Gasteiger partial charge on any atom is -0.364 e. The van der Waals surface area contributed by atoms with Crippen LogP contribution in [0, 0.1) is 11.3 Å². The van der Waals surface area contributed by atoms with E-state index in [1.807, 2.05) is 0 Å². The second-order valence-corrected chi connectivity index (χ2v) is 4.27. The third kappa shape index (κ3) is 3.25. The molecule has 80 valence electrons. The molecule has 1 aromatic rings. The molecular weight excluding hydrogens is 186 g/mol. The highest BCUT2D eigenvalue weighted by atomic mass is 15.0. The summed E-state index contributed by atoms with van der Waals surface area (Å²) in [6.07, 6.45) is 3.86. The lowest BCUT2D eigenvalue weighted by atomic mass is 9.99. The minimum absolute atomic E-state index is 0.0191. The molecule has 0 aliphatic rings. The molecule has 0 radical (unpaired) electrons. The molecule has 0 aromatic carbocycles. The maximum Gasteiger partial charge on any atom is 0.144 e. The van der Waals surface area contributed by atoms with Gasteiger partial charge in [0.25, 0.3) is 0 Å². The molecule has 0 atom stereocenters. The first-order valence-electron chi connectivity index (χ1n) is 5.22. The summed E-state index contributed by atoms with van der Waals surface area (Å²) in [5, 5.41) is 12.2. The van der Waals surface area contributed by atoms with Crippen molar-refractivity contribution in [1.82, 2.24) is 4.98 Å². The van der Waals surface area contributed by atoms with E-state index in [0.717, 1.165) is 12.8 Å². The second-order valence-electron chi connectivity index (χ2n) is 4.27. The van der Waals surface area contributed by atoms with Gasteiger partial charge in [-0.25, -0.2) is 4.98 Å². The standard InChI is InChI=1S/C12H17N3/c1-4-7-12(2,3)15-11-10(9-13)6-5-8-14-11/h5-6,8H,4,7H2,1-3H3,(H,14,15). The maximum atomic E-state index is 8.92. The fraction of sp³-hybridized carbons (Fsp3) is 0.500. The van der Waals surface area contributed by atoms with Crippen molar-refractivity contribution >= 4 is 5.82 Å². The molecule has 1 N–H and O–H groups in total. The van der Waals surface area contributed by atoms with Crippen molar-refractivity contribution in [2.24, 2.45) is 0 Å². The second kappa shape index (κ2) is 4.79. The van der Waals surface area contributed by atoms with Crippen molar-refractivity contribution in [2.45, 2.75) is 39.2 Å². The highest BCUT2D eigenvalue weighted by molar-refractivity contribution is 5.52. The van der Waals surface area contributed by atoms with Crippen LogP contribution in [0.1, 0.15) is 39.2 Å². The number of nitrogens with one attached hydrogen (secondary N) is 1. The Morgan fingerprint density at radius 1 is 1.53 bits per heavy atom. The van der Waals surface area contributed by atoms with Gasteiger partial charge in [0.2, 0.25) is 0 Å². The average molecular weight is 203 g/mol. The Balaban J connectivity index is 2.85. The van der Waals surface area contributed by atoms with Crippen molar-refractivity contribution in [3.63, 3.8) is 0 Å². The monoisotopic (exact) mass is 203 g/mol. The predicted molar refractivity (Wildman–Crippen MR) is 61.6 cm³/mol. The lowest BCUT2D eigenvalue weighted by Gasteiger charge is -2.26.